The summed E-state index contributed by atoms with van der Waals surface area (Å²) < 4.78 is 55.0. The minimum Gasteiger partial charge on any atom is -0.407 e. The minimum absolute atomic E-state index is 0.339. The van der Waals surface area contributed by atoms with Gasteiger partial charge in [0.05, 0.1) is 5.56 Å². The number of alkyl halides is 3. The van der Waals surface area contributed by atoms with Crippen LogP contribution >= 0.6 is 0 Å². The zero-order valence-electron chi connectivity index (χ0n) is 8.97. The predicted molar refractivity (Wildman–Crippen MR) is 51.6 cm³/mol. The number of primary amides is 1. The van der Waals surface area contributed by atoms with Crippen molar-refractivity contribution in [1.82, 2.24) is 0 Å². The summed E-state index contributed by atoms with van der Waals surface area (Å²) in [5.74, 6) is -3.58. The molecule has 0 bridgehead atoms. The van der Waals surface area contributed by atoms with Crippen LogP contribution in [0.2, 0.25) is 0 Å². The molecule has 0 aliphatic heterocycles. The van der Waals surface area contributed by atoms with Crippen LogP contribution in [-0.4, -0.2) is 11.9 Å². The van der Waals surface area contributed by atoms with Crippen LogP contribution in [0.4, 0.5) is 22.4 Å². The van der Waals surface area contributed by atoms with Crippen molar-refractivity contribution in [2.75, 3.05) is 0 Å². The molecule has 1 aromatic rings. The lowest BCUT2D eigenvalue weighted by molar-refractivity contribution is -0.140. The third-order valence-corrected chi connectivity index (χ3v) is 1.96. The highest BCUT2D eigenvalue weighted by Crippen LogP contribution is 2.36. The van der Waals surface area contributed by atoms with Gasteiger partial charge in [-0.3, -0.25) is 4.79 Å². The maximum Gasteiger partial charge on any atom is 0.419 e. The Morgan fingerprint density at radius 1 is 1.28 bits per heavy atom. The Bertz CT molecular complexity index is 511. The second-order valence-electron chi connectivity index (χ2n) is 3.31. The molecule has 0 saturated carbocycles. The Morgan fingerprint density at radius 2 is 1.83 bits per heavy atom. The van der Waals surface area contributed by atoms with Crippen LogP contribution in [-0.2, 0) is 6.18 Å². The average molecular weight is 265 g/mol. The SMILES string of the molecule is CC(=O)c1cc(OC(N)=O)c(F)c(C(F)(F)F)c1. The van der Waals surface area contributed by atoms with Gasteiger partial charge in [-0.05, 0) is 19.1 Å². The van der Waals surface area contributed by atoms with E-state index in [9.17, 15) is 27.2 Å². The summed E-state index contributed by atoms with van der Waals surface area (Å²) in [5.41, 5.74) is 2.44. The summed E-state index contributed by atoms with van der Waals surface area (Å²) in [5, 5.41) is 0. The molecule has 0 saturated heterocycles. The van der Waals surface area contributed by atoms with E-state index >= 15 is 0 Å². The van der Waals surface area contributed by atoms with E-state index in [4.69, 9.17) is 0 Å². The number of ketones is 1. The molecular weight excluding hydrogens is 258 g/mol. The first kappa shape index (κ1) is 13.9. The van der Waals surface area contributed by atoms with Gasteiger partial charge in [0.1, 0.15) is 0 Å². The van der Waals surface area contributed by atoms with E-state index in [1.165, 1.54) is 0 Å². The lowest BCUT2D eigenvalue weighted by Crippen LogP contribution is -2.19. The maximum absolute atomic E-state index is 13.4. The number of ether oxygens (including phenoxy) is 1. The van der Waals surface area contributed by atoms with Crippen LogP contribution in [0.25, 0.3) is 0 Å². The largest absolute Gasteiger partial charge is 0.419 e. The lowest BCUT2D eigenvalue weighted by Gasteiger charge is -2.12. The highest BCUT2D eigenvalue weighted by Gasteiger charge is 2.36. The van der Waals surface area contributed by atoms with Gasteiger partial charge < -0.3 is 10.5 Å². The molecule has 98 valence electrons. The molecule has 1 aromatic carbocycles. The standard InChI is InChI=1S/C10H7F4NO3/c1-4(16)5-2-6(10(12,13)14)8(11)7(3-5)18-9(15)17/h2-3H,1H3,(H2,15,17). The third kappa shape index (κ3) is 2.96. The number of Topliss-reactive ketones (excluding diaryl/α,β-unsaturated/α-hetero) is 1. The number of hydrogen-bond acceptors (Lipinski definition) is 3. The number of hydrogen-bond donors (Lipinski definition) is 1. The number of carbonyl (C=O) groups is 2. The Kier molecular flexibility index (Phi) is 3.59. The van der Waals surface area contributed by atoms with Gasteiger partial charge in [-0.25, -0.2) is 9.18 Å². The summed E-state index contributed by atoms with van der Waals surface area (Å²) in [6.45, 7) is 0.988. The quantitative estimate of drug-likeness (QED) is 0.659. The molecule has 0 radical (unpaired) electrons. The molecule has 0 spiro atoms. The van der Waals surface area contributed by atoms with Gasteiger partial charge in [0.2, 0.25) is 0 Å². The second-order valence-corrected chi connectivity index (χ2v) is 3.31. The molecule has 8 heteroatoms. The molecule has 18 heavy (non-hydrogen) atoms. The molecule has 0 aliphatic carbocycles. The zero-order valence-corrected chi connectivity index (χ0v) is 8.97. The molecule has 0 aliphatic rings. The maximum atomic E-state index is 13.4. The molecule has 0 unspecified atom stereocenters. The number of benzene rings is 1. The van der Waals surface area contributed by atoms with E-state index in [0.29, 0.717) is 12.1 Å². The van der Waals surface area contributed by atoms with Gasteiger partial charge in [0.25, 0.3) is 0 Å². The molecule has 1 rings (SSSR count). The van der Waals surface area contributed by atoms with E-state index in [0.717, 1.165) is 6.92 Å². The normalized spacial score (nSPS) is 11.2. The van der Waals surface area contributed by atoms with E-state index in [-0.39, 0.29) is 0 Å². The van der Waals surface area contributed by atoms with Crippen molar-refractivity contribution < 1.29 is 31.9 Å². The van der Waals surface area contributed by atoms with Crippen molar-refractivity contribution in [3.8, 4) is 5.75 Å². The highest BCUT2D eigenvalue weighted by atomic mass is 19.4. The van der Waals surface area contributed by atoms with E-state index < -0.39 is 40.7 Å². The highest BCUT2D eigenvalue weighted by molar-refractivity contribution is 5.94. The van der Waals surface area contributed by atoms with Crippen LogP contribution < -0.4 is 10.5 Å². The number of amides is 1. The van der Waals surface area contributed by atoms with Crippen molar-refractivity contribution >= 4 is 11.9 Å². The van der Waals surface area contributed by atoms with Crippen molar-refractivity contribution in [3.63, 3.8) is 0 Å². The zero-order chi connectivity index (χ0) is 14.1. The number of nitrogens with two attached hydrogens (primary N) is 1. The first-order chi connectivity index (χ1) is 8.12. The summed E-state index contributed by atoms with van der Waals surface area (Å²) >= 11 is 0. The topological polar surface area (TPSA) is 69.4 Å². The van der Waals surface area contributed by atoms with Gasteiger partial charge in [-0.1, -0.05) is 0 Å². The molecule has 0 heterocycles. The molecule has 4 nitrogen and oxygen atoms in total. The van der Waals surface area contributed by atoms with Crippen LogP contribution in [0.5, 0.6) is 5.75 Å². The van der Waals surface area contributed by atoms with Crippen molar-refractivity contribution in [3.05, 3.63) is 29.1 Å². The van der Waals surface area contributed by atoms with Gasteiger partial charge in [0.15, 0.2) is 17.3 Å². The molecular formula is C10H7F4NO3. The number of halogens is 4. The summed E-state index contributed by atoms with van der Waals surface area (Å²) in [6, 6.07) is 1.02. The first-order valence-electron chi connectivity index (χ1n) is 4.52. The summed E-state index contributed by atoms with van der Waals surface area (Å²) in [6.07, 6.45) is -6.51. The van der Waals surface area contributed by atoms with Gasteiger partial charge in [-0.2, -0.15) is 13.2 Å². The van der Waals surface area contributed by atoms with Crippen LogP contribution in [0.15, 0.2) is 12.1 Å². The second kappa shape index (κ2) is 4.63. The van der Waals surface area contributed by atoms with Crippen LogP contribution in [0, 0.1) is 5.82 Å². The van der Waals surface area contributed by atoms with Gasteiger partial charge in [-0.15, -0.1) is 0 Å². The fourth-order valence-corrected chi connectivity index (χ4v) is 1.19. The summed E-state index contributed by atoms with van der Waals surface area (Å²) in [7, 11) is 0. The Balaban J connectivity index is 3.47. The van der Waals surface area contributed by atoms with E-state index in [1.807, 2.05) is 0 Å². The Morgan fingerprint density at radius 3 is 2.22 bits per heavy atom. The molecule has 1 amide bonds. The van der Waals surface area contributed by atoms with Crippen molar-refractivity contribution in [2.45, 2.75) is 13.1 Å². The molecule has 0 fully saturated rings. The third-order valence-electron chi connectivity index (χ3n) is 1.96. The predicted octanol–water partition coefficient (Wildman–Crippen LogP) is 2.50. The first-order valence-corrected chi connectivity index (χ1v) is 4.52. The fourth-order valence-electron chi connectivity index (χ4n) is 1.19. The fraction of sp³-hybridized carbons (Fsp3) is 0.200. The summed E-state index contributed by atoms with van der Waals surface area (Å²) in [4.78, 5) is 21.4. The molecule has 2 N–H and O–H groups in total. The average Bonchev–Trinajstić information content (AvgIpc) is 2.18. The van der Waals surface area contributed by atoms with Crippen molar-refractivity contribution in [1.29, 1.82) is 0 Å². The smallest absolute Gasteiger partial charge is 0.407 e. The monoisotopic (exact) mass is 265 g/mol. The van der Waals surface area contributed by atoms with E-state index in [1.54, 1.807) is 0 Å². The number of rotatable bonds is 2. The number of carbonyl (C=O) groups excluding carboxylic acids is 2. The molecule has 0 aromatic heterocycles. The Hall–Kier alpha value is -2.12. The van der Waals surface area contributed by atoms with Crippen LogP contribution in [0.1, 0.15) is 22.8 Å². The van der Waals surface area contributed by atoms with E-state index in [2.05, 4.69) is 10.5 Å². The molecule has 0 atom stereocenters. The lowest BCUT2D eigenvalue weighted by atomic mass is 10.1. The van der Waals surface area contributed by atoms with Gasteiger partial charge >= 0.3 is 12.3 Å². The van der Waals surface area contributed by atoms with Crippen LogP contribution in [0.3, 0.4) is 0 Å². The Labute approximate surface area is 98.3 Å². The van der Waals surface area contributed by atoms with Gasteiger partial charge in [0, 0.05) is 5.56 Å². The minimum atomic E-state index is -5.02. The van der Waals surface area contributed by atoms with Crippen molar-refractivity contribution in [2.24, 2.45) is 5.73 Å².